The van der Waals surface area contributed by atoms with E-state index in [0.29, 0.717) is 6.42 Å². The lowest BCUT2D eigenvalue weighted by atomic mass is 10.2. The number of aliphatic hydroxyl groups excluding tert-OH is 1. The minimum absolute atomic E-state index is 0.0246. The summed E-state index contributed by atoms with van der Waals surface area (Å²) in [7, 11) is -2.49. The average Bonchev–Trinajstić information content (AvgIpc) is 2.85. The molecule has 0 saturated carbocycles. The van der Waals surface area contributed by atoms with Gasteiger partial charge in [0.05, 0.1) is 18.1 Å². The highest BCUT2D eigenvalue weighted by Gasteiger charge is 2.32. The number of aliphatic hydroxyl groups is 1. The van der Waals surface area contributed by atoms with Crippen LogP contribution in [0.15, 0.2) is 23.1 Å². The Bertz CT molecular complexity index is 627. The van der Waals surface area contributed by atoms with Gasteiger partial charge in [0.15, 0.2) is 0 Å². The first-order valence-electron chi connectivity index (χ1n) is 5.96. The fourth-order valence-corrected chi connectivity index (χ4v) is 3.61. The Morgan fingerprint density at radius 1 is 1.45 bits per heavy atom. The Morgan fingerprint density at radius 3 is 2.65 bits per heavy atom. The van der Waals surface area contributed by atoms with Gasteiger partial charge in [-0.3, -0.25) is 0 Å². The van der Waals surface area contributed by atoms with E-state index >= 15 is 0 Å². The Morgan fingerprint density at radius 2 is 2.15 bits per heavy atom. The molecule has 0 spiro atoms. The summed E-state index contributed by atoms with van der Waals surface area (Å²) in [6.45, 7) is 0.245. The van der Waals surface area contributed by atoms with Crippen molar-refractivity contribution in [1.82, 2.24) is 4.31 Å². The maximum atomic E-state index is 12.3. The molecule has 20 heavy (non-hydrogen) atoms. The molecule has 0 amide bonds. The molecule has 0 aliphatic carbocycles. The predicted octanol–water partition coefficient (Wildman–Crippen LogP) is 0.149. The lowest BCUT2D eigenvalue weighted by molar-refractivity contribution is 0.0693. The molecule has 1 atom stereocenters. The van der Waals surface area contributed by atoms with Crippen molar-refractivity contribution in [2.24, 2.45) is 0 Å². The lowest BCUT2D eigenvalue weighted by Gasteiger charge is -2.16. The van der Waals surface area contributed by atoms with Crippen LogP contribution in [-0.2, 0) is 10.0 Å². The molecular weight excluding hydrogens is 286 g/mol. The number of hydrogen-bond donors (Lipinski definition) is 2. The van der Waals surface area contributed by atoms with Gasteiger partial charge in [0.2, 0.25) is 10.0 Å². The molecule has 0 unspecified atom stereocenters. The zero-order chi connectivity index (χ0) is 14.9. The molecule has 1 aliphatic heterocycles. The molecule has 0 bridgehead atoms. The molecule has 1 heterocycles. The van der Waals surface area contributed by atoms with E-state index in [1.165, 1.54) is 19.2 Å². The number of carbonyl (C=O) groups is 1. The first kappa shape index (κ1) is 14.8. The van der Waals surface area contributed by atoms with E-state index in [1.54, 1.807) is 0 Å². The highest BCUT2D eigenvalue weighted by molar-refractivity contribution is 7.89. The van der Waals surface area contributed by atoms with E-state index in [4.69, 9.17) is 9.84 Å². The van der Waals surface area contributed by atoms with Crippen LogP contribution >= 0.6 is 0 Å². The van der Waals surface area contributed by atoms with Crippen LogP contribution in [0.3, 0.4) is 0 Å². The van der Waals surface area contributed by atoms with Gasteiger partial charge in [-0.05, 0) is 24.6 Å². The Labute approximate surface area is 116 Å². The van der Waals surface area contributed by atoms with Crippen molar-refractivity contribution in [3.05, 3.63) is 23.8 Å². The number of ether oxygens (including phenoxy) is 1. The number of hydrogen-bond acceptors (Lipinski definition) is 5. The quantitative estimate of drug-likeness (QED) is 0.820. The third kappa shape index (κ3) is 2.62. The van der Waals surface area contributed by atoms with Gasteiger partial charge in [-0.25, -0.2) is 13.2 Å². The monoisotopic (exact) mass is 301 g/mol. The van der Waals surface area contributed by atoms with Crippen molar-refractivity contribution in [1.29, 1.82) is 0 Å². The minimum atomic E-state index is -3.80. The summed E-state index contributed by atoms with van der Waals surface area (Å²) in [6, 6.07) is 3.68. The highest BCUT2D eigenvalue weighted by Crippen LogP contribution is 2.26. The van der Waals surface area contributed by atoms with Crippen LogP contribution in [0.4, 0.5) is 0 Å². The van der Waals surface area contributed by atoms with Gasteiger partial charge in [0.25, 0.3) is 0 Å². The SMILES string of the molecule is COc1ccc(S(=O)(=O)N2CC[C@@H](O)C2)cc1C(=O)O. The summed E-state index contributed by atoms with van der Waals surface area (Å²) in [5, 5.41) is 18.5. The van der Waals surface area contributed by atoms with Gasteiger partial charge in [0.1, 0.15) is 11.3 Å². The van der Waals surface area contributed by atoms with Crippen LogP contribution in [0, 0.1) is 0 Å². The third-order valence-electron chi connectivity index (χ3n) is 3.17. The molecule has 1 aromatic carbocycles. The Balaban J connectivity index is 2.42. The highest BCUT2D eigenvalue weighted by atomic mass is 32.2. The van der Waals surface area contributed by atoms with Gasteiger partial charge < -0.3 is 14.9 Å². The van der Waals surface area contributed by atoms with Crippen molar-refractivity contribution in [2.45, 2.75) is 17.4 Å². The molecule has 2 N–H and O–H groups in total. The van der Waals surface area contributed by atoms with Gasteiger partial charge in [-0.15, -0.1) is 0 Å². The van der Waals surface area contributed by atoms with Crippen LogP contribution in [0.1, 0.15) is 16.8 Å². The second kappa shape index (κ2) is 5.39. The number of methoxy groups -OCH3 is 1. The number of benzene rings is 1. The zero-order valence-corrected chi connectivity index (χ0v) is 11.6. The number of carboxylic acid groups (broad SMARTS) is 1. The van der Waals surface area contributed by atoms with Gasteiger partial charge in [0, 0.05) is 13.1 Å². The second-order valence-corrected chi connectivity index (χ2v) is 6.41. The smallest absolute Gasteiger partial charge is 0.339 e. The van der Waals surface area contributed by atoms with Crippen LogP contribution in [0.2, 0.25) is 0 Å². The molecule has 1 saturated heterocycles. The van der Waals surface area contributed by atoms with Gasteiger partial charge >= 0.3 is 5.97 Å². The molecule has 2 rings (SSSR count). The number of carboxylic acids is 1. The van der Waals surface area contributed by atoms with Crippen LogP contribution in [0.25, 0.3) is 0 Å². The van der Waals surface area contributed by atoms with Crippen LogP contribution < -0.4 is 4.74 Å². The van der Waals surface area contributed by atoms with E-state index in [1.807, 2.05) is 0 Å². The molecule has 1 aromatic rings. The molecule has 1 aliphatic rings. The first-order valence-corrected chi connectivity index (χ1v) is 7.40. The van der Waals surface area contributed by atoms with E-state index in [2.05, 4.69) is 0 Å². The van der Waals surface area contributed by atoms with E-state index < -0.39 is 22.1 Å². The van der Waals surface area contributed by atoms with E-state index in [9.17, 15) is 18.3 Å². The predicted molar refractivity (Wildman–Crippen MR) is 69.3 cm³/mol. The number of β-amino-alcohol motifs (C(OH)–C–C–N with tert-alkyl or cyclic N) is 1. The standard InChI is InChI=1S/C12H15NO6S/c1-19-11-3-2-9(6-10(11)12(15)16)20(17,18)13-5-4-8(14)7-13/h2-3,6,8,14H,4-5,7H2,1H3,(H,15,16)/t8-/m1/s1. The average molecular weight is 301 g/mol. The van der Waals surface area contributed by atoms with Crippen molar-refractivity contribution in [3.63, 3.8) is 0 Å². The van der Waals surface area contributed by atoms with Gasteiger partial charge in [-0.2, -0.15) is 4.31 Å². The summed E-state index contributed by atoms with van der Waals surface area (Å²) in [5.41, 5.74) is -0.215. The number of sulfonamides is 1. The maximum Gasteiger partial charge on any atom is 0.339 e. The van der Waals surface area contributed by atoms with Crippen molar-refractivity contribution in [3.8, 4) is 5.75 Å². The minimum Gasteiger partial charge on any atom is -0.496 e. The number of rotatable bonds is 4. The lowest BCUT2D eigenvalue weighted by Crippen LogP contribution is -2.29. The molecule has 1 fully saturated rings. The number of nitrogens with zero attached hydrogens (tertiary/aromatic N) is 1. The Hall–Kier alpha value is -1.64. The normalized spacial score (nSPS) is 20.0. The van der Waals surface area contributed by atoms with Crippen LogP contribution in [-0.4, -0.2) is 55.2 Å². The topological polar surface area (TPSA) is 104 Å². The molecule has 7 nitrogen and oxygen atoms in total. The molecule has 110 valence electrons. The van der Waals surface area contributed by atoms with E-state index in [0.717, 1.165) is 10.4 Å². The summed E-state index contributed by atoms with van der Waals surface area (Å²) >= 11 is 0. The van der Waals surface area contributed by atoms with Crippen molar-refractivity contribution < 1.29 is 28.2 Å². The van der Waals surface area contributed by atoms with Crippen molar-refractivity contribution >= 4 is 16.0 Å². The fourth-order valence-electron chi connectivity index (χ4n) is 2.09. The van der Waals surface area contributed by atoms with Gasteiger partial charge in [-0.1, -0.05) is 0 Å². The summed E-state index contributed by atoms with van der Waals surface area (Å²) < 4.78 is 30.7. The maximum absolute atomic E-state index is 12.3. The largest absolute Gasteiger partial charge is 0.496 e. The third-order valence-corrected chi connectivity index (χ3v) is 5.03. The molecule has 0 radical (unpaired) electrons. The summed E-state index contributed by atoms with van der Waals surface area (Å²) in [5.74, 6) is -1.17. The molecule has 8 heteroatoms. The zero-order valence-electron chi connectivity index (χ0n) is 10.8. The molecular formula is C12H15NO6S. The second-order valence-electron chi connectivity index (χ2n) is 4.47. The molecule has 0 aromatic heterocycles. The van der Waals surface area contributed by atoms with Crippen molar-refractivity contribution in [2.75, 3.05) is 20.2 Å². The van der Waals surface area contributed by atoms with Crippen LogP contribution in [0.5, 0.6) is 5.75 Å². The van der Waals surface area contributed by atoms with E-state index in [-0.39, 0.29) is 29.3 Å². The number of aromatic carboxylic acids is 1. The first-order chi connectivity index (χ1) is 9.36. The summed E-state index contributed by atoms with van der Waals surface area (Å²) in [6.07, 6.45) is -0.303. The Kier molecular flexibility index (Phi) is 3.98. The fraction of sp³-hybridized carbons (Fsp3) is 0.417. The summed E-state index contributed by atoms with van der Waals surface area (Å²) in [4.78, 5) is 11.0.